The van der Waals surface area contributed by atoms with E-state index < -0.39 is 12.2 Å². The van der Waals surface area contributed by atoms with Crippen LogP contribution in [0.2, 0.25) is 0 Å². The molecule has 2 aromatic rings. The molecule has 0 atom stereocenters. The molecule has 0 unspecified atom stereocenters. The fraction of sp³-hybridized carbons (Fsp3) is 0.222. The maximum Gasteiger partial charge on any atom is 0.299 e. The van der Waals surface area contributed by atoms with Gasteiger partial charge in [-0.05, 0) is 44.2 Å². The molecule has 10 heteroatoms. The summed E-state index contributed by atoms with van der Waals surface area (Å²) in [4.78, 5) is 0.819. The molecule has 0 spiro atoms. The summed E-state index contributed by atoms with van der Waals surface area (Å²) in [5.74, 6) is -0.463. The standard InChI is InChI=1S/C9H6Br2F2N4S2/c1-18-9-16-15-8(7(12)13)17(9)14-3-4-2-5(10)6(11)19-4/h2-3,7H,1H3/b14-3+. The minimum Gasteiger partial charge on any atom is -0.201 e. The van der Waals surface area contributed by atoms with E-state index in [0.29, 0.717) is 5.16 Å². The van der Waals surface area contributed by atoms with Crippen molar-refractivity contribution in [2.24, 2.45) is 5.10 Å². The molecule has 2 heterocycles. The number of aromatic nitrogens is 3. The highest BCUT2D eigenvalue weighted by molar-refractivity contribution is 9.13. The second-order valence-corrected chi connectivity index (χ2v) is 7.20. The second-order valence-electron chi connectivity index (χ2n) is 3.17. The summed E-state index contributed by atoms with van der Waals surface area (Å²) in [5.41, 5.74) is 0. The molecule has 0 fully saturated rings. The summed E-state index contributed by atoms with van der Waals surface area (Å²) in [6.07, 6.45) is 0.506. The lowest BCUT2D eigenvalue weighted by Gasteiger charge is -2.00. The smallest absolute Gasteiger partial charge is 0.201 e. The van der Waals surface area contributed by atoms with Crippen LogP contribution >= 0.6 is 55.0 Å². The van der Waals surface area contributed by atoms with Gasteiger partial charge in [0.2, 0.25) is 11.0 Å². The highest BCUT2D eigenvalue weighted by atomic mass is 79.9. The summed E-state index contributed by atoms with van der Waals surface area (Å²) in [6, 6.07) is 1.84. The molecular weight excluding hydrogens is 426 g/mol. The molecule has 0 aliphatic carbocycles. The summed E-state index contributed by atoms with van der Waals surface area (Å²) < 4.78 is 28.4. The monoisotopic (exact) mass is 430 g/mol. The van der Waals surface area contributed by atoms with Crippen molar-refractivity contribution < 1.29 is 8.78 Å². The van der Waals surface area contributed by atoms with Gasteiger partial charge in [-0.1, -0.05) is 11.8 Å². The maximum atomic E-state index is 12.8. The van der Waals surface area contributed by atoms with Crippen molar-refractivity contribution in [1.29, 1.82) is 0 Å². The molecule has 0 bridgehead atoms. The minimum absolute atomic E-state index is 0.321. The first-order valence-corrected chi connectivity index (χ1v) is 8.42. The van der Waals surface area contributed by atoms with Gasteiger partial charge in [0.25, 0.3) is 6.43 Å². The first-order chi connectivity index (χ1) is 9.02. The van der Waals surface area contributed by atoms with Gasteiger partial charge in [0.05, 0.1) is 10.0 Å². The zero-order chi connectivity index (χ0) is 14.0. The lowest BCUT2D eigenvalue weighted by molar-refractivity contribution is 0.135. The SMILES string of the molecule is CSc1nnc(C(F)F)n1/N=C/c1cc(Br)c(Br)s1. The fourth-order valence-electron chi connectivity index (χ4n) is 1.19. The number of hydrogen-bond acceptors (Lipinski definition) is 5. The van der Waals surface area contributed by atoms with Gasteiger partial charge in [0.15, 0.2) is 0 Å². The number of thioether (sulfide) groups is 1. The van der Waals surface area contributed by atoms with Gasteiger partial charge in [-0.2, -0.15) is 9.78 Å². The first kappa shape index (κ1) is 15.1. The van der Waals surface area contributed by atoms with Gasteiger partial charge in [-0.25, -0.2) is 8.78 Å². The Morgan fingerprint density at radius 1 is 1.47 bits per heavy atom. The van der Waals surface area contributed by atoms with Crippen LogP contribution in [0, 0.1) is 0 Å². The summed E-state index contributed by atoms with van der Waals surface area (Å²) in [5, 5.41) is 11.4. The Hall–Kier alpha value is -0.320. The van der Waals surface area contributed by atoms with E-state index in [1.54, 1.807) is 6.26 Å². The van der Waals surface area contributed by atoms with Crippen LogP contribution in [0.15, 0.2) is 24.6 Å². The van der Waals surface area contributed by atoms with Crippen LogP contribution in [0.25, 0.3) is 0 Å². The molecule has 0 aliphatic rings. The van der Waals surface area contributed by atoms with E-state index in [1.807, 2.05) is 6.07 Å². The van der Waals surface area contributed by atoms with Crippen molar-refractivity contribution in [2.75, 3.05) is 6.26 Å². The highest BCUT2D eigenvalue weighted by Crippen LogP contribution is 2.31. The van der Waals surface area contributed by atoms with Crippen molar-refractivity contribution in [3.63, 3.8) is 0 Å². The van der Waals surface area contributed by atoms with Crippen molar-refractivity contribution in [3.05, 3.63) is 25.0 Å². The van der Waals surface area contributed by atoms with E-state index >= 15 is 0 Å². The molecule has 0 saturated heterocycles. The molecule has 0 aromatic carbocycles. The van der Waals surface area contributed by atoms with Crippen LogP contribution in [0.4, 0.5) is 8.78 Å². The van der Waals surface area contributed by atoms with E-state index in [2.05, 4.69) is 47.2 Å². The Morgan fingerprint density at radius 2 is 2.21 bits per heavy atom. The average molecular weight is 432 g/mol. The first-order valence-electron chi connectivity index (χ1n) is 4.79. The third-order valence-electron chi connectivity index (χ3n) is 1.98. The van der Waals surface area contributed by atoms with Gasteiger partial charge in [-0.15, -0.1) is 21.5 Å². The van der Waals surface area contributed by atoms with Crippen molar-refractivity contribution in [2.45, 2.75) is 11.6 Å². The molecule has 0 amide bonds. The van der Waals surface area contributed by atoms with Crippen LogP contribution in [-0.4, -0.2) is 27.3 Å². The van der Waals surface area contributed by atoms with E-state index in [-0.39, 0.29) is 0 Å². The van der Waals surface area contributed by atoms with Crippen LogP contribution in [0.3, 0.4) is 0 Å². The second kappa shape index (κ2) is 6.42. The summed E-state index contributed by atoms with van der Waals surface area (Å²) in [7, 11) is 0. The zero-order valence-electron chi connectivity index (χ0n) is 9.35. The molecule has 0 radical (unpaired) electrons. The van der Waals surface area contributed by atoms with E-state index in [4.69, 9.17) is 0 Å². The van der Waals surface area contributed by atoms with Crippen LogP contribution in [-0.2, 0) is 0 Å². The van der Waals surface area contributed by atoms with E-state index in [9.17, 15) is 8.78 Å². The average Bonchev–Trinajstić information content (AvgIpc) is 2.91. The quantitative estimate of drug-likeness (QED) is 0.532. The topological polar surface area (TPSA) is 43.1 Å². The summed E-state index contributed by atoms with van der Waals surface area (Å²) in [6.45, 7) is 0. The zero-order valence-corrected chi connectivity index (χ0v) is 14.2. The predicted molar refractivity (Wildman–Crippen MR) is 79.5 cm³/mol. The Kier molecular flexibility index (Phi) is 5.09. The normalized spacial score (nSPS) is 11.9. The number of thiophene rings is 1. The largest absolute Gasteiger partial charge is 0.299 e. The Morgan fingerprint density at radius 3 is 2.74 bits per heavy atom. The predicted octanol–water partition coefficient (Wildman–Crippen LogP) is 4.41. The Bertz CT molecular complexity index is 592. The number of halogens is 4. The third-order valence-corrected chi connectivity index (χ3v) is 5.79. The molecule has 4 nitrogen and oxygen atoms in total. The highest BCUT2D eigenvalue weighted by Gasteiger charge is 2.19. The molecule has 0 saturated carbocycles. The molecule has 0 N–H and O–H groups in total. The van der Waals surface area contributed by atoms with Crippen molar-refractivity contribution >= 4 is 61.2 Å². The number of hydrogen-bond donors (Lipinski definition) is 0. The fourth-order valence-corrected chi connectivity index (χ4v) is 3.58. The summed E-state index contributed by atoms with van der Waals surface area (Å²) >= 11 is 9.34. The van der Waals surface area contributed by atoms with Crippen LogP contribution in [0.5, 0.6) is 0 Å². The minimum atomic E-state index is -2.72. The van der Waals surface area contributed by atoms with Gasteiger partial charge < -0.3 is 0 Å². The molecule has 102 valence electrons. The molecule has 0 aliphatic heterocycles. The van der Waals surface area contributed by atoms with E-state index in [1.165, 1.54) is 29.3 Å². The van der Waals surface area contributed by atoms with Crippen molar-refractivity contribution in [1.82, 2.24) is 14.9 Å². The van der Waals surface area contributed by atoms with Gasteiger partial charge in [0.1, 0.15) is 0 Å². The molecule has 2 rings (SSSR count). The van der Waals surface area contributed by atoms with Crippen LogP contribution in [0.1, 0.15) is 17.1 Å². The third kappa shape index (κ3) is 3.41. The van der Waals surface area contributed by atoms with Crippen molar-refractivity contribution in [3.8, 4) is 0 Å². The Balaban J connectivity index is 2.34. The lowest BCUT2D eigenvalue weighted by Crippen LogP contribution is -2.00. The number of alkyl halides is 2. The van der Waals surface area contributed by atoms with Crippen LogP contribution < -0.4 is 0 Å². The Labute approximate surface area is 132 Å². The van der Waals surface area contributed by atoms with Gasteiger partial charge >= 0.3 is 0 Å². The molecule has 19 heavy (non-hydrogen) atoms. The van der Waals surface area contributed by atoms with Gasteiger partial charge in [0, 0.05) is 9.35 Å². The molecular formula is C9H6Br2F2N4S2. The maximum absolute atomic E-state index is 12.8. The number of nitrogens with zero attached hydrogens (tertiary/aromatic N) is 4. The lowest BCUT2D eigenvalue weighted by atomic mass is 10.5. The molecule has 2 aromatic heterocycles. The van der Waals surface area contributed by atoms with E-state index in [0.717, 1.165) is 17.8 Å². The number of rotatable bonds is 4. The van der Waals surface area contributed by atoms with Gasteiger partial charge in [-0.3, -0.25) is 0 Å².